The number of hydrogen-bond donors (Lipinski definition) is 1. The molecule has 0 unspecified atom stereocenters. The highest BCUT2D eigenvalue weighted by molar-refractivity contribution is 7.79. The Bertz CT molecular complexity index is 590. The van der Waals surface area contributed by atoms with Crippen LogP contribution in [0.3, 0.4) is 0 Å². The quantitative estimate of drug-likeness (QED) is 0.845. The summed E-state index contributed by atoms with van der Waals surface area (Å²) in [6.07, 6.45) is 0. The van der Waals surface area contributed by atoms with E-state index in [2.05, 4.69) is 50.5 Å². The van der Waals surface area contributed by atoms with E-state index >= 15 is 0 Å². The average molecular weight is 293 g/mol. The lowest BCUT2D eigenvalue weighted by atomic mass is 10.1. The summed E-state index contributed by atoms with van der Waals surface area (Å²) >= 11 is 5.98. The third-order valence-corrected chi connectivity index (χ3v) is 4.86. The molecule has 0 saturated heterocycles. The maximum Gasteiger partial charge on any atom is 0.140 e. The average Bonchev–Trinajstić information content (AvgIpc) is 2.72. The van der Waals surface area contributed by atoms with Crippen molar-refractivity contribution in [1.29, 1.82) is 0 Å². The van der Waals surface area contributed by atoms with E-state index in [-0.39, 0.29) is 0 Å². The molecule has 0 bridgehead atoms. The van der Waals surface area contributed by atoms with E-state index < -0.39 is 0 Å². The number of thiazole rings is 1. The standard InChI is InChI=1S/C15H19NOS2/c1-9-5-10(2)11(3)13(6-9)17-7-15-16-12(4)14(8-18)19-15/h5-6,18H,7-8H2,1-4H3. The Morgan fingerprint density at radius 1 is 1.21 bits per heavy atom. The third kappa shape index (κ3) is 3.31. The fourth-order valence-electron chi connectivity index (χ4n) is 1.99. The molecule has 0 amide bonds. The van der Waals surface area contributed by atoms with Crippen LogP contribution in [0.25, 0.3) is 0 Å². The van der Waals surface area contributed by atoms with Crippen molar-refractivity contribution in [3.8, 4) is 5.75 Å². The van der Waals surface area contributed by atoms with Gasteiger partial charge in [0.15, 0.2) is 0 Å². The van der Waals surface area contributed by atoms with Crippen LogP contribution in [0.1, 0.15) is 32.3 Å². The molecule has 19 heavy (non-hydrogen) atoms. The molecule has 0 saturated carbocycles. The molecule has 0 atom stereocenters. The number of nitrogens with zero attached hydrogens (tertiary/aromatic N) is 1. The normalized spacial score (nSPS) is 10.8. The van der Waals surface area contributed by atoms with Crippen LogP contribution >= 0.6 is 24.0 Å². The second-order valence-corrected chi connectivity index (χ2v) is 6.25. The number of thiol groups is 1. The Morgan fingerprint density at radius 2 is 1.95 bits per heavy atom. The number of aromatic nitrogens is 1. The van der Waals surface area contributed by atoms with Gasteiger partial charge in [-0.05, 0) is 50.5 Å². The van der Waals surface area contributed by atoms with E-state index in [0.717, 1.165) is 22.2 Å². The molecule has 2 rings (SSSR count). The minimum atomic E-state index is 0.531. The fraction of sp³-hybridized carbons (Fsp3) is 0.400. The summed E-state index contributed by atoms with van der Waals surface area (Å²) in [6.45, 7) is 8.85. The molecule has 1 aromatic carbocycles. The van der Waals surface area contributed by atoms with Crippen molar-refractivity contribution >= 4 is 24.0 Å². The van der Waals surface area contributed by atoms with Crippen LogP contribution in [-0.2, 0) is 12.4 Å². The minimum absolute atomic E-state index is 0.531. The molecule has 4 heteroatoms. The topological polar surface area (TPSA) is 22.1 Å². The van der Waals surface area contributed by atoms with E-state index in [9.17, 15) is 0 Å². The van der Waals surface area contributed by atoms with E-state index in [1.54, 1.807) is 11.3 Å². The van der Waals surface area contributed by atoms with Gasteiger partial charge in [-0.2, -0.15) is 12.6 Å². The molecule has 0 radical (unpaired) electrons. The van der Waals surface area contributed by atoms with Crippen LogP contribution in [0.4, 0.5) is 0 Å². The highest BCUT2D eigenvalue weighted by atomic mass is 32.1. The Morgan fingerprint density at radius 3 is 2.58 bits per heavy atom. The van der Waals surface area contributed by atoms with Crippen LogP contribution < -0.4 is 4.74 Å². The van der Waals surface area contributed by atoms with Gasteiger partial charge in [-0.1, -0.05) is 6.07 Å². The summed E-state index contributed by atoms with van der Waals surface area (Å²) in [5, 5.41) is 1.01. The predicted molar refractivity (Wildman–Crippen MR) is 84.5 cm³/mol. The SMILES string of the molecule is Cc1cc(C)c(C)c(OCc2nc(C)c(CS)s2)c1. The summed E-state index contributed by atoms with van der Waals surface area (Å²) in [6, 6.07) is 4.26. The maximum absolute atomic E-state index is 5.92. The first-order valence-electron chi connectivity index (χ1n) is 6.28. The Labute approximate surface area is 124 Å². The number of rotatable bonds is 4. The van der Waals surface area contributed by atoms with Gasteiger partial charge in [-0.15, -0.1) is 11.3 Å². The molecule has 0 fully saturated rings. The van der Waals surface area contributed by atoms with Gasteiger partial charge in [0.25, 0.3) is 0 Å². The molecule has 1 aromatic heterocycles. The number of benzene rings is 1. The molecular weight excluding hydrogens is 274 g/mol. The van der Waals surface area contributed by atoms with Gasteiger partial charge in [0.2, 0.25) is 0 Å². The fourth-order valence-corrected chi connectivity index (χ4v) is 3.25. The molecule has 0 aliphatic rings. The van der Waals surface area contributed by atoms with Crippen LogP contribution in [0.5, 0.6) is 5.75 Å². The van der Waals surface area contributed by atoms with E-state index in [4.69, 9.17) is 4.74 Å². The lowest BCUT2D eigenvalue weighted by Gasteiger charge is -2.11. The zero-order valence-corrected chi connectivity index (χ0v) is 13.5. The number of hydrogen-bond acceptors (Lipinski definition) is 4. The molecule has 2 aromatic rings. The van der Waals surface area contributed by atoms with Crippen molar-refractivity contribution in [3.63, 3.8) is 0 Å². The largest absolute Gasteiger partial charge is 0.486 e. The summed E-state index contributed by atoms with van der Waals surface area (Å²) in [7, 11) is 0. The zero-order chi connectivity index (χ0) is 14.0. The Kier molecular flexibility index (Phi) is 4.53. The molecule has 0 aliphatic heterocycles. The lowest BCUT2D eigenvalue weighted by Crippen LogP contribution is -1.98. The number of aryl methyl sites for hydroxylation is 3. The smallest absolute Gasteiger partial charge is 0.140 e. The van der Waals surface area contributed by atoms with E-state index in [1.807, 2.05) is 6.92 Å². The zero-order valence-electron chi connectivity index (χ0n) is 11.8. The second kappa shape index (κ2) is 5.97. The highest BCUT2D eigenvalue weighted by Gasteiger charge is 2.09. The van der Waals surface area contributed by atoms with Crippen molar-refractivity contribution < 1.29 is 4.74 Å². The first kappa shape index (κ1) is 14.4. The van der Waals surface area contributed by atoms with Crippen molar-refractivity contribution in [2.75, 3.05) is 0 Å². The first-order valence-corrected chi connectivity index (χ1v) is 7.73. The summed E-state index contributed by atoms with van der Waals surface area (Å²) < 4.78 is 5.92. The van der Waals surface area contributed by atoms with E-state index in [1.165, 1.54) is 21.6 Å². The lowest BCUT2D eigenvalue weighted by molar-refractivity contribution is 0.303. The summed E-state index contributed by atoms with van der Waals surface area (Å²) in [4.78, 5) is 5.74. The molecular formula is C15H19NOS2. The van der Waals surface area contributed by atoms with Crippen LogP contribution in [-0.4, -0.2) is 4.98 Å². The van der Waals surface area contributed by atoms with Gasteiger partial charge in [0.1, 0.15) is 17.4 Å². The van der Waals surface area contributed by atoms with Gasteiger partial charge in [0, 0.05) is 10.6 Å². The van der Waals surface area contributed by atoms with Gasteiger partial charge in [0.05, 0.1) is 5.69 Å². The summed E-state index contributed by atoms with van der Waals surface area (Å²) in [5.74, 6) is 1.70. The van der Waals surface area contributed by atoms with E-state index in [0.29, 0.717) is 6.61 Å². The molecule has 0 N–H and O–H groups in total. The Balaban J connectivity index is 2.14. The number of ether oxygens (including phenoxy) is 1. The van der Waals surface area contributed by atoms with Crippen molar-refractivity contribution in [2.45, 2.75) is 40.1 Å². The highest BCUT2D eigenvalue weighted by Crippen LogP contribution is 2.26. The molecule has 102 valence electrons. The van der Waals surface area contributed by atoms with Gasteiger partial charge in [-0.25, -0.2) is 4.98 Å². The molecule has 0 spiro atoms. The van der Waals surface area contributed by atoms with Gasteiger partial charge in [-0.3, -0.25) is 0 Å². The molecule has 2 nitrogen and oxygen atoms in total. The van der Waals surface area contributed by atoms with Crippen LogP contribution in [0, 0.1) is 27.7 Å². The predicted octanol–water partition coefficient (Wildman–Crippen LogP) is 4.39. The van der Waals surface area contributed by atoms with Crippen molar-refractivity contribution in [2.24, 2.45) is 0 Å². The monoisotopic (exact) mass is 293 g/mol. The van der Waals surface area contributed by atoms with Crippen molar-refractivity contribution in [1.82, 2.24) is 4.98 Å². The third-order valence-electron chi connectivity index (χ3n) is 3.20. The van der Waals surface area contributed by atoms with Gasteiger partial charge >= 0.3 is 0 Å². The molecule has 1 heterocycles. The van der Waals surface area contributed by atoms with Crippen molar-refractivity contribution in [3.05, 3.63) is 44.4 Å². The first-order chi connectivity index (χ1) is 9.01. The Hall–Kier alpha value is -1.000. The minimum Gasteiger partial charge on any atom is -0.486 e. The van der Waals surface area contributed by atoms with Gasteiger partial charge < -0.3 is 4.74 Å². The molecule has 0 aliphatic carbocycles. The second-order valence-electron chi connectivity index (χ2n) is 4.77. The van der Waals surface area contributed by atoms with Crippen LogP contribution in [0.2, 0.25) is 0 Å². The maximum atomic E-state index is 5.92. The summed E-state index contributed by atoms with van der Waals surface area (Å²) in [5.41, 5.74) is 4.76. The van der Waals surface area contributed by atoms with Crippen LogP contribution in [0.15, 0.2) is 12.1 Å².